The fourth-order valence-electron chi connectivity index (χ4n) is 2.23. The topological polar surface area (TPSA) is 3.88 Å². The first kappa shape index (κ1) is 8.49. The van der Waals surface area contributed by atoms with Crippen LogP contribution < -0.4 is 4.57 Å². The van der Waals surface area contributed by atoms with E-state index in [-0.39, 0.29) is 0 Å². The lowest BCUT2D eigenvalue weighted by Gasteiger charge is -2.02. The average molecular weight is 174 g/mol. The Bertz CT molecular complexity index is 363. The van der Waals surface area contributed by atoms with Crippen molar-refractivity contribution in [2.75, 3.05) is 0 Å². The van der Waals surface area contributed by atoms with Gasteiger partial charge in [0.05, 0.1) is 5.92 Å². The van der Waals surface area contributed by atoms with E-state index in [0.717, 1.165) is 0 Å². The fourth-order valence-corrected chi connectivity index (χ4v) is 2.23. The van der Waals surface area contributed by atoms with E-state index >= 15 is 0 Å². The predicted octanol–water partition coefficient (Wildman–Crippen LogP) is 2.73. The van der Waals surface area contributed by atoms with Crippen LogP contribution in [0.25, 0.3) is 5.70 Å². The van der Waals surface area contributed by atoms with E-state index < -0.39 is 0 Å². The summed E-state index contributed by atoms with van der Waals surface area (Å²) in [4.78, 5) is 0. The Morgan fingerprint density at radius 1 is 1.31 bits per heavy atom. The van der Waals surface area contributed by atoms with Gasteiger partial charge in [0.1, 0.15) is 0 Å². The van der Waals surface area contributed by atoms with E-state index in [0.29, 0.717) is 5.92 Å². The highest BCUT2D eigenvalue weighted by atomic mass is 15.0. The van der Waals surface area contributed by atoms with E-state index in [9.17, 15) is 0 Å². The molecule has 2 rings (SSSR count). The summed E-state index contributed by atoms with van der Waals surface area (Å²) < 4.78 is 2.31. The highest BCUT2D eigenvalue weighted by molar-refractivity contribution is 5.45. The molecule has 1 unspecified atom stereocenters. The molecule has 1 aliphatic heterocycles. The Labute approximate surface area is 79.7 Å². The maximum absolute atomic E-state index is 2.31. The highest BCUT2D eigenvalue weighted by Gasteiger charge is 2.32. The summed E-state index contributed by atoms with van der Waals surface area (Å²) in [5, 5.41) is 0. The first-order chi connectivity index (χ1) is 6.25. The number of allylic oxidation sites excluding steroid dienone is 2. The lowest BCUT2D eigenvalue weighted by Crippen LogP contribution is -2.31. The number of fused-ring (bicyclic) bond motifs is 1. The van der Waals surface area contributed by atoms with E-state index in [1.54, 1.807) is 0 Å². The molecule has 68 valence electrons. The maximum atomic E-state index is 2.31. The van der Waals surface area contributed by atoms with Gasteiger partial charge in [0.2, 0.25) is 0 Å². The van der Waals surface area contributed by atoms with Gasteiger partial charge in [0.15, 0.2) is 17.6 Å². The molecule has 1 aromatic rings. The van der Waals surface area contributed by atoms with Crippen LogP contribution in [0.5, 0.6) is 0 Å². The molecule has 1 nitrogen and oxygen atoms in total. The summed E-state index contributed by atoms with van der Waals surface area (Å²) in [7, 11) is 0. The molecular formula is C12H16N+. The molecule has 0 spiro atoms. The van der Waals surface area contributed by atoms with Gasteiger partial charge in [-0.3, -0.25) is 0 Å². The summed E-state index contributed by atoms with van der Waals surface area (Å²) in [6.07, 6.45) is 3.36. The molecule has 1 heteroatoms. The van der Waals surface area contributed by atoms with Gasteiger partial charge >= 0.3 is 0 Å². The zero-order valence-corrected chi connectivity index (χ0v) is 8.54. The quantitative estimate of drug-likeness (QED) is 0.576. The van der Waals surface area contributed by atoms with Gasteiger partial charge in [0, 0.05) is 24.6 Å². The minimum absolute atomic E-state index is 0.640. The van der Waals surface area contributed by atoms with Crippen LogP contribution in [0.1, 0.15) is 38.8 Å². The third-order valence-corrected chi connectivity index (χ3v) is 3.11. The lowest BCUT2D eigenvalue weighted by molar-refractivity contribution is -0.585. The second-order valence-electron chi connectivity index (χ2n) is 3.72. The number of rotatable bonds is 1. The summed E-state index contributed by atoms with van der Waals surface area (Å²) in [6, 6.07) is 6.45. The Balaban J connectivity index is 2.59. The van der Waals surface area contributed by atoms with Crippen LogP contribution in [-0.2, 0) is 0 Å². The molecule has 1 atom stereocenters. The second kappa shape index (κ2) is 2.99. The molecule has 0 bridgehead atoms. The number of nitrogens with zero attached hydrogens (tertiary/aromatic N) is 1. The minimum atomic E-state index is 0.640. The van der Waals surface area contributed by atoms with Crippen LogP contribution in [0, 0.1) is 0 Å². The van der Waals surface area contributed by atoms with Gasteiger partial charge in [-0.25, -0.2) is 0 Å². The second-order valence-corrected chi connectivity index (χ2v) is 3.72. The number of pyridine rings is 1. The van der Waals surface area contributed by atoms with Crippen LogP contribution in [0.4, 0.5) is 0 Å². The molecule has 0 saturated carbocycles. The first-order valence-corrected chi connectivity index (χ1v) is 4.94. The van der Waals surface area contributed by atoms with Crippen molar-refractivity contribution in [3.05, 3.63) is 35.7 Å². The van der Waals surface area contributed by atoms with Crippen molar-refractivity contribution in [3.8, 4) is 0 Å². The lowest BCUT2D eigenvalue weighted by atomic mass is 9.96. The van der Waals surface area contributed by atoms with Gasteiger partial charge in [-0.05, 0) is 13.3 Å². The van der Waals surface area contributed by atoms with Crippen molar-refractivity contribution in [1.82, 2.24) is 0 Å². The third-order valence-electron chi connectivity index (χ3n) is 3.11. The average Bonchev–Trinajstić information content (AvgIpc) is 2.41. The zero-order valence-electron chi connectivity index (χ0n) is 8.54. The van der Waals surface area contributed by atoms with Crippen molar-refractivity contribution < 1.29 is 4.57 Å². The smallest absolute Gasteiger partial charge is 0.168 e. The molecule has 0 N–H and O–H groups in total. The van der Waals surface area contributed by atoms with Gasteiger partial charge in [0.25, 0.3) is 0 Å². The molecule has 0 amide bonds. The van der Waals surface area contributed by atoms with Crippen molar-refractivity contribution in [1.29, 1.82) is 0 Å². The molecule has 1 aliphatic rings. The standard InChI is InChI=1S/C12H16N/c1-4-11-9(2)10(3)13-8-6-5-7-12(11)13/h5-8,11H,4H2,1-3H3/q+1. The van der Waals surface area contributed by atoms with Crippen LogP contribution in [-0.4, -0.2) is 0 Å². The molecule has 2 heterocycles. The number of hydrogen-bond donors (Lipinski definition) is 0. The van der Waals surface area contributed by atoms with E-state index in [2.05, 4.69) is 49.7 Å². The molecule has 0 radical (unpaired) electrons. The normalized spacial score (nSPS) is 20.7. The van der Waals surface area contributed by atoms with Crippen LogP contribution in [0.15, 0.2) is 30.0 Å². The van der Waals surface area contributed by atoms with E-state index in [4.69, 9.17) is 0 Å². The van der Waals surface area contributed by atoms with Crippen LogP contribution >= 0.6 is 0 Å². The summed E-state index contributed by atoms with van der Waals surface area (Å²) in [5.74, 6) is 0.640. The van der Waals surface area contributed by atoms with Crippen LogP contribution in [0.2, 0.25) is 0 Å². The molecule has 13 heavy (non-hydrogen) atoms. The molecule has 1 aromatic heterocycles. The summed E-state index contributed by atoms with van der Waals surface area (Å²) in [6.45, 7) is 6.70. The molecule has 0 aliphatic carbocycles. The minimum Gasteiger partial charge on any atom is -0.168 e. The zero-order chi connectivity index (χ0) is 9.42. The molecule has 0 fully saturated rings. The number of aromatic nitrogens is 1. The Morgan fingerprint density at radius 2 is 2.08 bits per heavy atom. The SMILES string of the molecule is CCC1C(C)=C(C)[n+]2ccccc21. The molecule has 0 saturated heterocycles. The number of hydrogen-bond acceptors (Lipinski definition) is 0. The Kier molecular flexibility index (Phi) is 1.95. The predicted molar refractivity (Wildman–Crippen MR) is 54.2 cm³/mol. The van der Waals surface area contributed by atoms with Crippen LogP contribution in [0.3, 0.4) is 0 Å². The third kappa shape index (κ3) is 1.11. The van der Waals surface area contributed by atoms with Crippen molar-refractivity contribution in [2.24, 2.45) is 0 Å². The molecular weight excluding hydrogens is 158 g/mol. The van der Waals surface area contributed by atoms with Gasteiger partial charge in [-0.15, -0.1) is 0 Å². The first-order valence-electron chi connectivity index (χ1n) is 4.94. The summed E-state index contributed by atoms with van der Waals surface area (Å²) in [5.41, 5.74) is 4.37. The van der Waals surface area contributed by atoms with E-state index in [1.807, 2.05) is 0 Å². The van der Waals surface area contributed by atoms with Crippen molar-refractivity contribution in [3.63, 3.8) is 0 Å². The van der Waals surface area contributed by atoms with Gasteiger partial charge in [-0.2, -0.15) is 4.57 Å². The van der Waals surface area contributed by atoms with Crippen molar-refractivity contribution in [2.45, 2.75) is 33.1 Å². The highest BCUT2D eigenvalue weighted by Crippen LogP contribution is 2.32. The molecule has 0 aromatic carbocycles. The Hall–Kier alpha value is -1.11. The summed E-state index contributed by atoms with van der Waals surface area (Å²) >= 11 is 0. The largest absolute Gasteiger partial charge is 0.194 e. The fraction of sp³-hybridized carbons (Fsp3) is 0.417. The van der Waals surface area contributed by atoms with Gasteiger partial charge < -0.3 is 0 Å². The van der Waals surface area contributed by atoms with Crippen molar-refractivity contribution >= 4 is 5.70 Å². The van der Waals surface area contributed by atoms with Gasteiger partial charge in [-0.1, -0.05) is 13.0 Å². The maximum Gasteiger partial charge on any atom is 0.194 e. The monoisotopic (exact) mass is 174 g/mol. The van der Waals surface area contributed by atoms with E-state index in [1.165, 1.54) is 23.4 Å². The Morgan fingerprint density at radius 3 is 2.77 bits per heavy atom.